The molecule has 0 aliphatic heterocycles. The van der Waals surface area contributed by atoms with Crippen molar-refractivity contribution in [3.8, 4) is 0 Å². The molecule has 0 radical (unpaired) electrons. The van der Waals surface area contributed by atoms with Crippen LogP contribution in [0, 0.1) is 0 Å². The Labute approximate surface area is 94.9 Å². The van der Waals surface area contributed by atoms with Crippen LogP contribution in [0.2, 0.25) is 0 Å². The van der Waals surface area contributed by atoms with E-state index in [1.165, 1.54) is 19.3 Å². The maximum atomic E-state index is 9.72. The fraction of sp³-hybridized carbons (Fsp3) is 1.00. The van der Waals surface area contributed by atoms with E-state index in [1.54, 1.807) is 0 Å². The number of nitrogens with one attached hydrogen (secondary N) is 1. The van der Waals surface area contributed by atoms with Gasteiger partial charge in [-0.15, -0.1) is 0 Å². The molecule has 3 heteroatoms. The Morgan fingerprint density at radius 1 is 1.27 bits per heavy atom. The van der Waals surface area contributed by atoms with Gasteiger partial charge >= 0.3 is 0 Å². The predicted molar refractivity (Wildman–Crippen MR) is 66.2 cm³/mol. The Balaban J connectivity index is 3.82. The topological polar surface area (TPSA) is 35.5 Å². The normalized spacial score (nSPS) is 13.8. The largest absolute Gasteiger partial charge is 0.390 e. The Morgan fingerprint density at radius 3 is 2.40 bits per heavy atom. The number of hydrogen-bond donors (Lipinski definition) is 2. The number of nitrogens with zero attached hydrogens (tertiary/aromatic N) is 1. The highest BCUT2D eigenvalue weighted by Gasteiger charge is 2.13. The van der Waals surface area contributed by atoms with Gasteiger partial charge < -0.3 is 10.4 Å². The van der Waals surface area contributed by atoms with Crippen LogP contribution in [-0.4, -0.2) is 48.8 Å². The van der Waals surface area contributed by atoms with Crippen molar-refractivity contribution in [2.75, 3.05) is 26.7 Å². The minimum atomic E-state index is -0.251. The molecule has 0 bridgehead atoms. The number of rotatable bonds is 9. The van der Waals surface area contributed by atoms with Crippen LogP contribution >= 0.6 is 0 Å². The van der Waals surface area contributed by atoms with E-state index < -0.39 is 0 Å². The van der Waals surface area contributed by atoms with Crippen molar-refractivity contribution in [3.63, 3.8) is 0 Å². The van der Waals surface area contributed by atoms with Gasteiger partial charge in [0.2, 0.25) is 0 Å². The first-order valence-electron chi connectivity index (χ1n) is 6.18. The SMILES string of the molecule is CCCCCN(CC(O)CNC)C(C)C. The van der Waals surface area contributed by atoms with Crippen LogP contribution in [0.5, 0.6) is 0 Å². The van der Waals surface area contributed by atoms with Gasteiger partial charge in [0.05, 0.1) is 6.10 Å². The molecule has 0 rings (SSSR count). The molecule has 92 valence electrons. The molecule has 0 aromatic rings. The van der Waals surface area contributed by atoms with Crippen LogP contribution in [0.15, 0.2) is 0 Å². The van der Waals surface area contributed by atoms with Crippen LogP contribution in [-0.2, 0) is 0 Å². The number of aliphatic hydroxyl groups is 1. The average molecular weight is 216 g/mol. The van der Waals surface area contributed by atoms with Gasteiger partial charge in [-0.2, -0.15) is 0 Å². The number of unbranched alkanes of at least 4 members (excludes halogenated alkanes) is 2. The van der Waals surface area contributed by atoms with Gasteiger partial charge in [0, 0.05) is 19.1 Å². The van der Waals surface area contributed by atoms with Crippen molar-refractivity contribution in [1.82, 2.24) is 10.2 Å². The first-order valence-corrected chi connectivity index (χ1v) is 6.18. The molecule has 0 amide bonds. The smallest absolute Gasteiger partial charge is 0.0791 e. The molecule has 0 saturated heterocycles. The van der Waals surface area contributed by atoms with Crippen molar-refractivity contribution in [2.24, 2.45) is 0 Å². The predicted octanol–water partition coefficient (Wildman–Crippen LogP) is 1.47. The molecule has 15 heavy (non-hydrogen) atoms. The Hall–Kier alpha value is -0.120. The second-order valence-corrected chi connectivity index (χ2v) is 4.51. The van der Waals surface area contributed by atoms with Crippen LogP contribution in [0.4, 0.5) is 0 Å². The van der Waals surface area contributed by atoms with Gasteiger partial charge in [0.1, 0.15) is 0 Å². The molecule has 0 aromatic heterocycles. The third kappa shape index (κ3) is 7.77. The zero-order chi connectivity index (χ0) is 11.7. The van der Waals surface area contributed by atoms with Gasteiger partial charge in [-0.3, -0.25) is 4.90 Å². The lowest BCUT2D eigenvalue weighted by molar-refractivity contribution is 0.0947. The van der Waals surface area contributed by atoms with Crippen LogP contribution in [0.3, 0.4) is 0 Å². The maximum Gasteiger partial charge on any atom is 0.0791 e. The molecule has 0 saturated carbocycles. The monoisotopic (exact) mass is 216 g/mol. The van der Waals surface area contributed by atoms with Gasteiger partial charge in [0.15, 0.2) is 0 Å². The summed E-state index contributed by atoms with van der Waals surface area (Å²) in [4.78, 5) is 2.36. The zero-order valence-electron chi connectivity index (χ0n) is 10.8. The molecule has 0 heterocycles. The summed E-state index contributed by atoms with van der Waals surface area (Å²) in [5.41, 5.74) is 0. The highest BCUT2D eigenvalue weighted by molar-refractivity contribution is 4.69. The van der Waals surface area contributed by atoms with Crippen molar-refractivity contribution in [3.05, 3.63) is 0 Å². The molecule has 0 fully saturated rings. The van der Waals surface area contributed by atoms with E-state index in [-0.39, 0.29) is 6.10 Å². The summed E-state index contributed by atoms with van der Waals surface area (Å²) in [6, 6.07) is 0.522. The van der Waals surface area contributed by atoms with Gasteiger partial charge in [-0.25, -0.2) is 0 Å². The van der Waals surface area contributed by atoms with E-state index in [2.05, 4.69) is 31.0 Å². The van der Waals surface area contributed by atoms with E-state index in [1.807, 2.05) is 7.05 Å². The molecule has 3 nitrogen and oxygen atoms in total. The van der Waals surface area contributed by atoms with Crippen molar-refractivity contribution < 1.29 is 5.11 Å². The quantitative estimate of drug-likeness (QED) is 0.573. The average Bonchev–Trinajstić information content (AvgIpc) is 2.16. The highest BCUT2D eigenvalue weighted by Crippen LogP contribution is 2.04. The van der Waals surface area contributed by atoms with Crippen LogP contribution in [0.25, 0.3) is 0 Å². The third-order valence-corrected chi connectivity index (χ3v) is 2.66. The lowest BCUT2D eigenvalue weighted by Gasteiger charge is -2.28. The third-order valence-electron chi connectivity index (χ3n) is 2.66. The first kappa shape index (κ1) is 14.9. The molecule has 0 aliphatic carbocycles. The Bertz CT molecular complexity index is 140. The summed E-state index contributed by atoms with van der Waals surface area (Å²) >= 11 is 0. The number of likely N-dealkylation sites (N-methyl/N-ethyl adjacent to an activating group) is 1. The van der Waals surface area contributed by atoms with Gasteiger partial charge in [-0.1, -0.05) is 19.8 Å². The van der Waals surface area contributed by atoms with E-state index in [9.17, 15) is 5.11 Å². The molecular formula is C12H28N2O. The van der Waals surface area contributed by atoms with E-state index >= 15 is 0 Å². The molecule has 1 unspecified atom stereocenters. The zero-order valence-corrected chi connectivity index (χ0v) is 10.8. The fourth-order valence-corrected chi connectivity index (χ4v) is 1.70. The van der Waals surface area contributed by atoms with Crippen molar-refractivity contribution in [2.45, 2.75) is 52.2 Å². The van der Waals surface area contributed by atoms with E-state index in [0.29, 0.717) is 12.6 Å². The fourth-order valence-electron chi connectivity index (χ4n) is 1.70. The molecule has 0 spiro atoms. The minimum absolute atomic E-state index is 0.251. The maximum absolute atomic E-state index is 9.72. The minimum Gasteiger partial charge on any atom is -0.390 e. The number of aliphatic hydroxyl groups excluding tert-OH is 1. The molecule has 0 aliphatic rings. The standard InChI is InChI=1S/C12H28N2O/c1-5-6-7-8-14(11(2)3)10-12(15)9-13-4/h11-13,15H,5-10H2,1-4H3. The van der Waals surface area contributed by atoms with Crippen LogP contribution < -0.4 is 5.32 Å². The molecule has 1 atom stereocenters. The molecule has 2 N–H and O–H groups in total. The summed E-state index contributed by atoms with van der Waals surface area (Å²) in [7, 11) is 1.88. The lowest BCUT2D eigenvalue weighted by atomic mass is 10.2. The van der Waals surface area contributed by atoms with Gasteiger partial charge in [0.25, 0.3) is 0 Å². The summed E-state index contributed by atoms with van der Waals surface area (Å²) in [6.07, 6.45) is 3.52. The summed E-state index contributed by atoms with van der Waals surface area (Å²) in [5, 5.41) is 12.7. The van der Waals surface area contributed by atoms with Gasteiger partial charge in [-0.05, 0) is 33.9 Å². The summed E-state index contributed by atoms with van der Waals surface area (Å²) in [6.45, 7) is 9.16. The Morgan fingerprint density at radius 2 is 1.93 bits per heavy atom. The molecular weight excluding hydrogens is 188 g/mol. The summed E-state index contributed by atoms with van der Waals surface area (Å²) < 4.78 is 0. The van der Waals surface area contributed by atoms with Crippen molar-refractivity contribution in [1.29, 1.82) is 0 Å². The molecule has 0 aromatic carbocycles. The van der Waals surface area contributed by atoms with Crippen LogP contribution in [0.1, 0.15) is 40.0 Å². The summed E-state index contributed by atoms with van der Waals surface area (Å²) in [5.74, 6) is 0. The highest BCUT2D eigenvalue weighted by atomic mass is 16.3. The first-order chi connectivity index (χ1) is 7.11. The number of hydrogen-bond acceptors (Lipinski definition) is 3. The van der Waals surface area contributed by atoms with Crippen molar-refractivity contribution >= 4 is 0 Å². The lowest BCUT2D eigenvalue weighted by Crippen LogP contribution is -2.41. The van der Waals surface area contributed by atoms with E-state index in [0.717, 1.165) is 13.1 Å². The second-order valence-electron chi connectivity index (χ2n) is 4.51. The Kier molecular flexibility index (Phi) is 9.06. The second kappa shape index (κ2) is 9.13. The van der Waals surface area contributed by atoms with E-state index in [4.69, 9.17) is 0 Å².